The van der Waals surface area contributed by atoms with Gasteiger partial charge in [-0.05, 0) is 60.0 Å². The molecule has 0 saturated heterocycles. The molecule has 0 aliphatic carbocycles. The second-order valence-corrected chi connectivity index (χ2v) is 9.07. The van der Waals surface area contributed by atoms with E-state index in [1.807, 2.05) is 0 Å². The summed E-state index contributed by atoms with van der Waals surface area (Å²) in [6, 6.07) is 13.8. The first-order valence-electron chi connectivity index (χ1n) is 8.70. The fourth-order valence-electron chi connectivity index (χ4n) is 2.77. The molecule has 2 heterocycles. The summed E-state index contributed by atoms with van der Waals surface area (Å²) in [4.78, 5) is 4.68. The molecule has 0 saturated carbocycles. The Morgan fingerprint density at radius 2 is 1.77 bits per heavy atom. The van der Waals surface area contributed by atoms with Gasteiger partial charge in [0.25, 0.3) is 15.9 Å². The topological polar surface area (TPSA) is 85.5 Å². The van der Waals surface area contributed by atoms with E-state index in [9.17, 15) is 12.8 Å². The van der Waals surface area contributed by atoms with Gasteiger partial charge >= 0.3 is 0 Å². The van der Waals surface area contributed by atoms with Gasteiger partial charge < -0.3 is 9.26 Å². The molecule has 30 heavy (non-hydrogen) atoms. The van der Waals surface area contributed by atoms with Crippen molar-refractivity contribution in [2.24, 2.45) is 0 Å². The maximum Gasteiger partial charge on any atom is 0.269 e. The molecule has 0 unspecified atom stereocenters. The third kappa shape index (κ3) is 3.66. The standard InChI is InChI=1S/C20H16FN3O4S2/c1-24(15-7-9-16(27-2)10-8-15)30(25,26)17-11-12-29-18(17)20-22-19(23-28-20)13-3-5-14(21)6-4-13/h3-12H,1-2H3. The Kier molecular flexibility index (Phi) is 5.27. The van der Waals surface area contributed by atoms with Crippen LogP contribution in [0.15, 0.2) is 69.4 Å². The Bertz CT molecular complexity index is 1270. The van der Waals surface area contributed by atoms with E-state index in [4.69, 9.17) is 9.26 Å². The first kappa shape index (κ1) is 20.0. The van der Waals surface area contributed by atoms with Crippen LogP contribution >= 0.6 is 11.3 Å². The highest BCUT2D eigenvalue weighted by atomic mass is 32.2. The second kappa shape index (κ2) is 7.88. The number of thiophene rings is 1. The number of ether oxygens (including phenoxy) is 1. The molecule has 0 aliphatic rings. The van der Waals surface area contributed by atoms with E-state index in [1.54, 1.807) is 29.6 Å². The fourth-order valence-corrected chi connectivity index (χ4v) is 5.28. The second-order valence-electron chi connectivity index (χ2n) is 6.21. The molecular weight excluding hydrogens is 429 g/mol. The highest BCUT2D eigenvalue weighted by Gasteiger charge is 2.28. The minimum absolute atomic E-state index is 0.0557. The Morgan fingerprint density at radius 3 is 2.43 bits per heavy atom. The van der Waals surface area contributed by atoms with Crippen molar-refractivity contribution in [2.75, 3.05) is 18.5 Å². The predicted molar refractivity (Wildman–Crippen MR) is 112 cm³/mol. The molecule has 154 valence electrons. The highest BCUT2D eigenvalue weighted by molar-refractivity contribution is 7.93. The van der Waals surface area contributed by atoms with Crippen LogP contribution in [0.1, 0.15) is 0 Å². The molecule has 0 fully saturated rings. The number of aromatic nitrogens is 2. The van der Waals surface area contributed by atoms with Crippen molar-refractivity contribution >= 4 is 27.0 Å². The molecular formula is C20H16FN3O4S2. The van der Waals surface area contributed by atoms with Crippen LogP contribution in [-0.2, 0) is 10.0 Å². The van der Waals surface area contributed by atoms with Gasteiger partial charge in [0.2, 0.25) is 5.82 Å². The summed E-state index contributed by atoms with van der Waals surface area (Å²) in [5.74, 6) is 0.562. The predicted octanol–water partition coefficient (Wildman–Crippen LogP) is 4.44. The lowest BCUT2D eigenvalue weighted by molar-refractivity contribution is 0.415. The number of sulfonamides is 1. The number of nitrogens with zero attached hydrogens (tertiary/aromatic N) is 3. The Hall–Kier alpha value is -3.24. The quantitative estimate of drug-likeness (QED) is 0.436. The fraction of sp³-hybridized carbons (Fsp3) is 0.100. The average molecular weight is 445 g/mol. The number of benzene rings is 2. The first-order valence-corrected chi connectivity index (χ1v) is 11.0. The van der Waals surface area contributed by atoms with E-state index in [2.05, 4.69) is 10.1 Å². The number of anilines is 1. The maximum atomic E-state index is 13.2. The molecule has 0 spiro atoms. The van der Waals surface area contributed by atoms with E-state index < -0.39 is 10.0 Å². The monoisotopic (exact) mass is 445 g/mol. The third-order valence-corrected chi connectivity index (χ3v) is 7.29. The van der Waals surface area contributed by atoms with E-state index in [0.29, 0.717) is 21.9 Å². The van der Waals surface area contributed by atoms with Crippen LogP contribution in [0.3, 0.4) is 0 Å². The van der Waals surface area contributed by atoms with Gasteiger partial charge in [0.05, 0.1) is 12.8 Å². The summed E-state index contributed by atoms with van der Waals surface area (Å²) in [5, 5.41) is 5.54. The van der Waals surface area contributed by atoms with Gasteiger partial charge in [0.15, 0.2) is 0 Å². The molecule has 0 bridgehead atoms. The summed E-state index contributed by atoms with van der Waals surface area (Å²) >= 11 is 1.18. The molecule has 0 atom stereocenters. The number of halogens is 1. The summed E-state index contributed by atoms with van der Waals surface area (Å²) in [6.45, 7) is 0. The Labute approximate surface area is 176 Å². The van der Waals surface area contributed by atoms with E-state index in [1.165, 1.54) is 60.1 Å². The smallest absolute Gasteiger partial charge is 0.269 e. The molecule has 0 aliphatic heterocycles. The van der Waals surface area contributed by atoms with Gasteiger partial charge in [-0.25, -0.2) is 12.8 Å². The molecule has 2 aromatic carbocycles. The Balaban J connectivity index is 1.68. The molecule has 0 N–H and O–H groups in total. The van der Waals surface area contributed by atoms with Gasteiger partial charge in [-0.2, -0.15) is 4.98 Å². The average Bonchev–Trinajstić information content (AvgIpc) is 3.43. The zero-order valence-corrected chi connectivity index (χ0v) is 17.6. The number of rotatable bonds is 6. The molecule has 0 amide bonds. The van der Waals surface area contributed by atoms with Crippen LogP contribution in [0, 0.1) is 5.82 Å². The zero-order valence-electron chi connectivity index (χ0n) is 15.9. The third-order valence-electron chi connectivity index (χ3n) is 4.43. The summed E-state index contributed by atoms with van der Waals surface area (Å²) < 4.78 is 51.2. The van der Waals surface area contributed by atoms with Crippen molar-refractivity contribution < 1.29 is 22.1 Å². The zero-order chi connectivity index (χ0) is 21.3. The van der Waals surface area contributed by atoms with Gasteiger partial charge in [0.1, 0.15) is 21.3 Å². The molecule has 4 rings (SSSR count). The first-order chi connectivity index (χ1) is 14.4. The lowest BCUT2D eigenvalue weighted by Crippen LogP contribution is -2.26. The van der Waals surface area contributed by atoms with Gasteiger partial charge in [-0.15, -0.1) is 11.3 Å². The van der Waals surface area contributed by atoms with Crippen LogP contribution in [0.5, 0.6) is 5.75 Å². The molecule has 0 radical (unpaired) electrons. The van der Waals surface area contributed by atoms with Gasteiger partial charge in [-0.3, -0.25) is 4.31 Å². The van der Waals surface area contributed by atoms with Crippen molar-refractivity contribution in [2.45, 2.75) is 4.90 Å². The van der Waals surface area contributed by atoms with E-state index >= 15 is 0 Å². The van der Waals surface area contributed by atoms with Crippen LogP contribution in [0.2, 0.25) is 0 Å². The summed E-state index contributed by atoms with van der Waals surface area (Å²) in [6.07, 6.45) is 0. The molecule has 4 aromatic rings. The number of hydrogen-bond donors (Lipinski definition) is 0. The van der Waals surface area contributed by atoms with Gasteiger partial charge in [-0.1, -0.05) is 5.16 Å². The SMILES string of the molecule is COc1ccc(N(C)S(=O)(=O)c2ccsc2-c2nc(-c3ccc(F)cc3)no2)cc1. The normalized spacial score (nSPS) is 11.4. The molecule has 7 nitrogen and oxygen atoms in total. The lowest BCUT2D eigenvalue weighted by atomic mass is 10.2. The highest BCUT2D eigenvalue weighted by Crippen LogP contribution is 2.35. The minimum Gasteiger partial charge on any atom is -0.497 e. The van der Waals surface area contributed by atoms with Gasteiger partial charge in [0, 0.05) is 12.6 Å². The number of methoxy groups -OCH3 is 1. The van der Waals surface area contributed by atoms with Crippen molar-refractivity contribution in [1.82, 2.24) is 10.1 Å². The van der Waals surface area contributed by atoms with E-state index in [0.717, 1.165) is 0 Å². The van der Waals surface area contributed by atoms with Crippen LogP contribution in [0.25, 0.3) is 22.2 Å². The van der Waals surface area contributed by atoms with Crippen molar-refractivity contribution in [3.05, 3.63) is 65.8 Å². The summed E-state index contributed by atoms with van der Waals surface area (Å²) in [5.41, 5.74) is 1.04. The minimum atomic E-state index is -3.88. The summed E-state index contributed by atoms with van der Waals surface area (Å²) in [7, 11) is -0.875. The van der Waals surface area contributed by atoms with Crippen molar-refractivity contribution in [1.29, 1.82) is 0 Å². The molecule has 2 aromatic heterocycles. The van der Waals surface area contributed by atoms with Crippen molar-refractivity contribution in [3.8, 4) is 27.9 Å². The van der Waals surface area contributed by atoms with Crippen LogP contribution < -0.4 is 9.04 Å². The lowest BCUT2D eigenvalue weighted by Gasteiger charge is -2.19. The van der Waals surface area contributed by atoms with E-state index in [-0.39, 0.29) is 22.4 Å². The van der Waals surface area contributed by atoms with Crippen LogP contribution in [0.4, 0.5) is 10.1 Å². The number of hydrogen-bond acceptors (Lipinski definition) is 7. The largest absolute Gasteiger partial charge is 0.497 e. The Morgan fingerprint density at radius 1 is 1.07 bits per heavy atom. The van der Waals surface area contributed by atoms with Crippen molar-refractivity contribution in [3.63, 3.8) is 0 Å². The maximum absolute atomic E-state index is 13.2. The van der Waals surface area contributed by atoms with Crippen LogP contribution in [-0.4, -0.2) is 32.7 Å². The molecule has 10 heteroatoms.